The Hall–Kier alpha value is -4.07. The molecule has 4 heteroatoms. The molecule has 0 unspecified atom stereocenters. The van der Waals surface area contributed by atoms with E-state index in [1.807, 2.05) is 12.1 Å². The summed E-state index contributed by atoms with van der Waals surface area (Å²) in [5.41, 5.74) is 10.9. The van der Waals surface area contributed by atoms with Crippen LogP contribution in [0.5, 0.6) is 17.2 Å². The first-order chi connectivity index (χ1) is 21.4. The Kier molecular flexibility index (Phi) is 8.27. The fourth-order valence-electron chi connectivity index (χ4n) is 6.10. The maximum Gasteiger partial charge on any atom is 0.530 e. The van der Waals surface area contributed by atoms with E-state index in [1.165, 1.54) is 11.1 Å². The first kappa shape index (κ1) is 30.9. The molecule has 0 bridgehead atoms. The number of hydrogen-bond donors (Lipinski definition) is 0. The van der Waals surface area contributed by atoms with Crippen molar-refractivity contribution in [2.75, 3.05) is 0 Å². The lowest BCUT2D eigenvalue weighted by Crippen LogP contribution is -2.19. The molecule has 0 spiro atoms. The highest BCUT2D eigenvalue weighted by Gasteiger charge is 2.35. The zero-order valence-corrected chi connectivity index (χ0v) is 28.6. The number of benzene rings is 5. The molecular formula is C41H43O3P. The van der Waals surface area contributed by atoms with Gasteiger partial charge in [0.1, 0.15) is 17.2 Å². The highest BCUT2D eigenvalue weighted by molar-refractivity contribution is 7.43. The summed E-state index contributed by atoms with van der Waals surface area (Å²) in [6, 6.07) is 36.2. The highest BCUT2D eigenvalue weighted by atomic mass is 31.2. The molecular weight excluding hydrogens is 571 g/mol. The Labute approximate surface area is 270 Å². The van der Waals surface area contributed by atoms with Gasteiger partial charge in [0.05, 0.1) is 0 Å². The van der Waals surface area contributed by atoms with E-state index in [-0.39, 0.29) is 10.8 Å². The van der Waals surface area contributed by atoms with Gasteiger partial charge in [-0.05, 0) is 46.9 Å². The molecule has 0 saturated carbocycles. The van der Waals surface area contributed by atoms with E-state index in [9.17, 15) is 0 Å². The van der Waals surface area contributed by atoms with E-state index in [0.717, 1.165) is 68.2 Å². The molecule has 3 nitrogen and oxygen atoms in total. The monoisotopic (exact) mass is 614 g/mol. The molecule has 0 N–H and O–H groups in total. The predicted octanol–water partition coefficient (Wildman–Crippen LogP) is 11.9. The lowest BCUT2D eigenvalue weighted by Gasteiger charge is -2.32. The van der Waals surface area contributed by atoms with E-state index < -0.39 is 8.60 Å². The summed E-state index contributed by atoms with van der Waals surface area (Å²) in [6.07, 6.45) is 0.721. The molecule has 5 aromatic carbocycles. The van der Waals surface area contributed by atoms with Crippen LogP contribution in [0.1, 0.15) is 74.9 Å². The van der Waals surface area contributed by atoms with Gasteiger partial charge < -0.3 is 13.6 Å². The molecule has 0 saturated heterocycles. The second-order valence-electron chi connectivity index (χ2n) is 14.2. The summed E-state index contributed by atoms with van der Waals surface area (Å²) < 4.78 is 21.1. The van der Waals surface area contributed by atoms with Crippen molar-refractivity contribution < 1.29 is 13.6 Å². The maximum absolute atomic E-state index is 7.09. The van der Waals surface area contributed by atoms with Crippen molar-refractivity contribution in [2.24, 2.45) is 0 Å². The average molecular weight is 615 g/mol. The van der Waals surface area contributed by atoms with Gasteiger partial charge in [0.2, 0.25) is 0 Å². The molecule has 0 aliphatic carbocycles. The van der Waals surface area contributed by atoms with Gasteiger partial charge in [-0.25, -0.2) is 0 Å². The Morgan fingerprint density at radius 3 is 1.38 bits per heavy atom. The molecule has 5 aromatic rings. The van der Waals surface area contributed by atoms with Crippen molar-refractivity contribution in [3.8, 4) is 39.5 Å². The zero-order chi connectivity index (χ0) is 31.9. The largest absolute Gasteiger partial charge is 0.530 e. The molecule has 0 fully saturated rings. The summed E-state index contributed by atoms with van der Waals surface area (Å²) in [6.45, 7) is 17.8. The maximum atomic E-state index is 7.09. The Morgan fingerprint density at radius 1 is 0.556 bits per heavy atom. The zero-order valence-electron chi connectivity index (χ0n) is 27.7. The van der Waals surface area contributed by atoms with Gasteiger partial charge in [-0.1, -0.05) is 156 Å². The summed E-state index contributed by atoms with van der Waals surface area (Å²) in [4.78, 5) is 0. The Balaban J connectivity index is 1.59. The second kappa shape index (κ2) is 12.0. The topological polar surface area (TPSA) is 27.7 Å². The van der Waals surface area contributed by atoms with Crippen molar-refractivity contribution >= 4 is 8.60 Å². The van der Waals surface area contributed by atoms with Gasteiger partial charge in [-0.2, -0.15) is 0 Å². The van der Waals surface area contributed by atoms with Crippen LogP contribution in [0.3, 0.4) is 0 Å². The van der Waals surface area contributed by atoms with Gasteiger partial charge in [-0.15, -0.1) is 0 Å². The van der Waals surface area contributed by atoms with Gasteiger partial charge in [0, 0.05) is 28.7 Å². The minimum atomic E-state index is -1.92. The SMILES string of the molecule is Cc1cc2c(c(C(C)(C)C)c1)OP(Oc1c(-c3ccccc3)cccc1-c1ccccc1)Oc1c(cc(C)cc1C(C)(C)C)C2. The fourth-order valence-corrected chi connectivity index (χ4v) is 7.29. The lowest BCUT2D eigenvalue weighted by atomic mass is 9.81. The van der Waals surface area contributed by atoms with Crippen LogP contribution in [-0.4, -0.2) is 0 Å². The summed E-state index contributed by atoms with van der Waals surface area (Å²) in [5.74, 6) is 2.47. The molecule has 0 amide bonds. The predicted molar refractivity (Wildman–Crippen MR) is 189 cm³/mol. The molecule has 1 aliphatic rings. The third kappa shape index (κ3) is 6.51. The molecule has 6 rings (SSSR count). The second-order valence-corrected chi connectivity index (χ2v) is 15.2. The van der Waals surface area contributed by atoms with E-state index in [2.05, 4.69) is 146 Å². The van der Waals surface area contributed by atoms with Crippen LogP contribution in [0.2, 0.25) is 0 Å². The first-order valence-electron chi connectivity index (χ1n) is 15.7. The van der Waals surface area contributed by atoms with Crippen LogP contribution in [-0.2, 0) is 17.3 Å². The van der Waals surface area contributed by atoms with Crippen LogP contribution in [0, 0.1) is 13.8 Å². The minimum absolute atomic E-state index is 0.139. The smallest absolute Gasteiger partial charge is 0.408 e. The third-order valence-electron chi connectivity index (χ3n) is 8.30. The number of hydrogen-bond acceptors (Lipinski definition) is 3. The fraction of sp³-hybridized carbons (Fsp3) is 0.268. The van der Waals surface area contributed by atoms with Crippen LogP contribution in [0.25, 0.3) is 22.3 Å². The van der Waals surface area contributed by atoms with Crippen molar-refractivity contribution in [3.63, 3.8) is 0 Å². The van der Waals surface area contributed by atoms with Crippen molar-refractivity contribution in [1.82, 2.24) is 0 Å². The highest BCUT2D eigenvalue weighted by Crippen LogP contribution is 2.54. The van der Waals surface area contributed by atoms with Gasteiger partial charge >= 0.3 is 8.60 Å². The van der Waals surface area contributed by atoms with Crippen molar-refractivity contribution in [2.45, 2.75) is 72.6 Å². The van der Waals surface area contributed by atoms with Crippen LogP contribution in [0.4, 0.5) is 0 Å². The first-order valence-corrected chi connectivity index (χ1v) is 16.8. The van der Waals surface area contributed by atoms with Crippen LogP contribution in [0.15, 0.2) is 103 Å². The van der Waals surface area contributed by atoms with Gasteiger partial charge in [0.25, 0.3) is 0 Å². The standard InChI is InChI=1S/C41H43O3P/c1-27-22-31-26-32-23-28(2)25-36(41(6,7)8)38(32)43-45(42-37(31)35(24-27)40(3,4)5)44-39-33(29-16-11-9-12-17-29)20-15-21-34(39)30-18-13-10-14-19-30/h9-25H,26H2,1-8H3. The number of para-hydroxylation sites is 1. The molecule has 1 aliphatic heterocycles. The molecule has 0 aromatic heterocycles. The molecule has 1 heterocycles. The molecule has 0 radical (unpaired) electrons. The summed E-state index contributed by atoms with van der Waals surface area (Å²) in [7, 11) is -1.92. The quantitative estimate of drug-likeness (QED) is 0.189. The molecule has 230 valence electrons. The number of rotatable bonds is 4. The Bertz CT molecular complexity index is 1700. The lowest BCUT2D eigenvalue weighted by molar-refractivity contribution is 0.371. The van der Waals surface area contributed by atoms with Crippen LogP contribution >= 0.6 is 8.60 Å². The normalized spacial score (nSPS) is 13.5. The molecule has 45 heavy (non-hydrogen) atoms. The number of aryl methyl sites for hydroxylation is 2. The average Bonchev–Trinajstić information content (AvgIpc) is 2.98. The van der Waals surface area contributed by atoms with Crippen molar-refractivity contribution in [1.29, 1.82) is 0 Å². The third-order valence-corrected chi connectivity index (χ3v) is 9.29. The van der Waals surface area contributed by atoms with E-state index in [0.29, 0.717) is 0 Å². The minimum Gasteiger partial charge on any atom is -0.408 e. The van der Waals surface area contributed by atoms with Gasteiger partial charge in [-0.3, -0.25) is 0 Å². The van der Waals surface area contributed by atoms with Crippen molar-refractivity contribution in [3.05, 3.63) is 137 Å². The summed E-state index contributed by atoms with van der Waals surface area (Å²) in [5, 5.41) is 0. The van der Waals surface area contributed by atoms with Gasteiger partial charge in [0.15, 0.2) is 0 Å². The van der Waals surface area contributed by atoms with E-state index in [4.69, 9.17) is 13.6 Å². The number of fused-ring (bicyclic) bond motifs is 2. The molecule has 0 atom stereocenters. The van der Waals surface area contributed by atoms with Crippen LogP contribution < -0.4 is 13.6 Å². The Morgan fingerprint density at radius 2 is 0.978 bits per heavy atom. The van der Waals surface area contributed by atoms with E-state index >= 15 is 0 Å². The summed E-state index contributed by atoms with van der Waals surface area (Å²) >= 11 is 0. The van der Waals surface area contributed by atoms with E-state index in [1.54, 1.807) is 0 Å².